The summed E-state index contributed by atoms with van der Waals surface area (Å²) >= 11 is 0. The van der Waals surface area contributed by atoms with Gasteiger partial charge in [-0.15, -0.1) is 0 Å². The van der Waals surface area contributed by atoms with Crippen LogP contribution in [-0.4, -0.2) is 35.5 Å². The Balaban J connectivity index is 1.41. The molecule has 4 heteroatoms. The molecule has 1 aliphatic rings. The van der Waals surface area contributed by atoms with E-state index in [2.05, 4.69) is 34.5 Å². The van der Waals surface area contributed by atoms with Gasteiger partial charge in [0, 0.05) is 18.7 Å². The highest BCUT2D eigenvalue weighted by molar-refractivity contribution is 5.94. The lowest BCUT2D eigenvalue weighted by atomic mass is 9.96. The highest BCUT2D eigenvalue weighted by atomic mass is 16.3. The van der Waals surface area contributed by atoms with Crippen molar-refractivity contribution in [3.63, 3.8) is 0 Å². The van der Waals surface area contributed by atoms with Gasteiger partial charge >= 0.3 is 0 Å². The van der Waals surface area contributed by atoms with Crippen LogP contribution in [0.1, 0.15) is 28.8 Å². The van der Waals surface area contributed by atoms with Gasteiger partial charge in [-0.1, -0.05) is 30.3 Å². The number of piperidine rings is 1. The molecule has 1 aliphatic heterocycles. The molecule has 0 bridgehead atoms. The molecule has 1 heterocycles. The monoisotopic (exact) mass is 324 g/mol. The number of nitrogens with zero attached hydrogens (tertiary/aromatic N) is 1. The van der Waals surface area contributed by atoms with Crippen LogP contribution in [0.15, 0.2) is 54.6 Å². The number of carbonyl (C=O) groups excluding carboxylic acids is 1. The van der Waals surface area contributed by atoms with E-state index in [9.17, 15) is 9.90 Å². The SMILES string of the molecule is O=C(NCC1CCN(Cc2ccccc2)CC1)c1ccc(O)cc1. The van der Waals surface area contributed by atoms with Crippen molar-refractivity contribution in [1.29, 1.82) is 0 Å². The number of carbonyl (C=O) groups is 1. The Kier molecular flexibility index (Phi) is 5.49. The fourth-order valence-corrected chi connectivity index (χ4v) is 3.14. The predicted octanol–water partition coefficient (Wildman–Crippen LogP) is 3.03. The molecule has 2 N–H and O–H groups in total. The van der Waals surface area contributed by atoms with Crippen LogP contribution in [0.2, 0.25) is 0 Å². The van der Waals surface area contributed by atoms with Gasteiger partial charge in [0.1, 0.15) is 5.75 Å². The Hall–Kier alpha value is -2.33. The van der Waals surface area contributed by atoms with Crippen molar-refractivity contribution in [2.24, 2.45) is 5.92 Å². The first kappa shape index (κ1) is 16.5. The molecule has 0 aromatic heterocycles. The van der Waals surface area contributed by atoms with Crippen molar-refractivity contribution in [3.05, 3.63) is 65.7 Å². The minimum Gasteiger partial charge on any atom is -0.508 e. The van der Waals surface area contributed by atoms with E-state index in [0.29, 0.717) is 11.5 Å². The maximum atomic E-state index is 12.1. The maximum Gasteiger partial charge on any atom is 0.251 e. The van der Waals surface area contributed by atoms with Gasteiger partial charge in [-0.05, 0) is 61.7 Å². The zero-order valence-corrected chi connectivity index (χ0v) is 13.8. The van der Waals surface area contributed by atoms with Gasteiger partial charge in [0.25, 0.3) is 5.91 Å². The molecular weight excluding hydrogens is 300 g/mol. The first-order chi connectivity index (χ1) is 11.7. The summed E-state index contributed by atoms with van der Waals surface area (Å²) in [7, 11) is 0. The number of phenols is 1. The number of benzene rings is 2. The third-order valence-corrected chi connectivity index (χ3v) is 4.64. The zero-order valence-electron chi connectivity index (χ0n) is 13.8. The van der Waals surface area contributed by atoms with Gasteiger partial charge in [-0.25, -0.2) is 0 Å². The molecule has 126 valence electrons. The van der Waals surface area contributed by atoms with Gasteiger partial charge < -0.3 is 10.4 Å². The van der Waals surface area contributed by atoms with E-state index in [1.807, 2.05) is 6.07 Å². The summed E-state index contributed by atoms with van der Waals surface area (Å²) in [6, 6.07) is 16.9. The summed E-state index contributed by atoms with van der Waals surface area (Å²) in [5, 5.41) is 12.3. The van der Waals surface area contributed by atoms with Crippen LogP contribution in [0.3, 0.4) is 0 Å². The van der Waals surface area contributed by atoms with Crippen molar-refractivity contribution in [1.82, 2.24) is 10.2 Å². The molecule has 0 saturated carbocycles. The van der Waals surface area contributed by atoms with Gasteiger partial charge in [-0.3, -0.25) is 9.69 Å². The highest BCUT2D eigenvalue weighted by Gasteiger charge is 2.20. The van der Waals surface area contributed by atoms with Gasteiger partial charge in [-0.2, -0.15) is 0 Å². The molecular formula is C20H24N2O2. The highest BCUT2D eigenvalue weighted by Crippen LogP contribution is 2.18. The van der Waals surface area contributed by atoms with E-state index in [4.69, 9.17) is 0 Å². The first-order valence-corrected chi connectivity index (χ1v) is 8.54. The third-order valence-electron chi connectivity index (χ3n) is 4.64. The molecule has 1 fully saturated rings. The van der Waals surface area contributed by atoms with Crippen LogP contribution in [0.25, 0.3) is 0 Å². The standard InChI is InChI=1S/C20H24N2O2/c23-19-8-6-18(7-9-19)20(24)21-14-16-10-12-22(13-11-16)15-17-4-2-1-3-5-17/h1-9,16,23H,10-15H2,(H,21,24). The molecule has 0 atom stereocenters. The van der Waals surface area contributed by atoms with E-state index in [1.54, 1.807) is 12.1 Å². The summed E-state index contributed by atoms with van der Waals surface area (Å²) in [5.74, 6) is 0.650. The fourth-order valence-electron chi connectivity index (χ4n) is 3.14. The molecule has 2 aromatic carbocycles. The summed E-state index contributed by atoms with van der Waals surface area (Å²) < 4.78 is 0. The van der Waals surface area contributed by atoms with Crippen LogP contribution >= 0.6 is 0 Å². The average Bonchev–Trinajstić information content (AvgIpc) is 2.62. The topological polar surface area (TPSA) is 52.6 Å². The van der Waals surface area contributed by atoms with E-state index < -0.39 is 0 Å². The molecule has 2 aromatic rings. The minimum atomic E-state index is -0.0679. The third kappa shape index (κ3) is 4.59. The normalized spacial score (nSPS) is 16.0. The summed E-state index contributed by atoms with van der Waals surface area (Å²) in [6.07, 6.45) is 2.23. The molecule has 0 radical (unpaired) electrons. The Labute approximate surface area is 143 Å². The number of rotatable bonds is 5. The largest absolute Gasteiger partial charge is 0.508 e. The Morgan fingerprint density at radius 1 is 1.04 bits per heavy atom. The van der Waals surface area contributed by atoms with Gasteiger partial charge in [0.05, 0.1) is 0 Å². The fraction of sp³-hybridized carbons (Fsp3) is 0.350. The number of phenolic OH excluding ortho intramolecular Hbond substituents is 1. The minimum absolute atomic E-state index is 0.0679. The molecule has 1 amide bonds. The second-order valence-corrected chi connectivity index (χ2v) is 6.46. The van der Waals surface area contributed by atoms with E-state index in [0.717, 1.165) is 39.0 Å². The van der Waals surface area contributed by atoms with E-state index in [-0.39, 0.29) is 11.7 Å². The smallest absolute Gasteiger partial charge is 0.251 e. The molecule has 0 unspecified atom stereocenters. The van der Waals surface area contributed by atoms with Crippen molar-refractivity contribution in [2.45, 2.75) is 19.4 Å². The van der Waals surface area contributed by atoms with Crippen LogP contribution in [0.4, 0.5) is 0 Å². The molecule has 1 saturated heterocycles. The van der Waals surface area contributed by atoms with E-state index in [1.165, 1.54) is 17.7 Å². The quantitative estimate of drug-likeness (QED) is 0.889. The van der Waals surface area contributed by atoms with Crippen molar-refractivity contribution >= 4 is 5.91 Å². The number of nitrogens with one attached hydrogen (secondary N) is 1. The number of hydrogen-bond acceptors (Lipinski definition) is 3. The van der Waals surface area contributed by atoms with Gasteiger partial charge in [0.15, 0.2) is 0 Å². The molecule has 24 heavy (non-hydrogen) atoms. The lowest BCUT2D eigenvalue weighted by Gasteiger charge is -2.32. The Morgan fingerprint density at radius 2 is 1.71 bits per heavy atom. The number of likely N-dealkylation sites (tertiary alicyclic amines) is 1. The van der Waals surface area contributed by atoms with Crippen LogP contribution in [-0.2, 0) is 6.54 Å². The Bertz CT molecular complexity index is 647. The Morgan fingerprint density at radius 3 is 2.38 bits per heavy atom. The van der Waals surface area contributed by atoms with E-state index >= 15 is 0 Å². The second-order valence-electron chi connectivity index (χ2n) is 6.46. The predicted molar refractivity (Wildman–Crippen MR) is 94.9 cm³/mol. The lowest BCUT2D eigenvalue weighted by Crippen LogP contribution is -2.38. The number of aromatic hydroxyl groups is 1. The summed E-state index contributed by atoms with van der Waals surface area (Å²) in [4.78, 5) is 14.6. The zero-order chi connectivity index (χ0) is 16.8. The second kappa shape index (κ2) is 7.97. The van der Waals surface area contributed by atoms with Crippen molar-refractivity contribution in [2.75, 3.05) is 19.6 Å². The van der Waals surface area contributed by atoms with Crippen LogP contribution < -0.4 is 5.32 Å². The summed E-state index contributed by atoms with van der Waals surface area (Å²) in [6.45, 7) is 3.88. The molecule has 0 aliphatic carbocycles. The summed E-state index contributed by atoms with van der Waals surface area (Å²) in [5.41, 5.74) is 1.95. The molecule has 3 rings (SSSR count). The first-order valence-electron chi connectivity index (χ1n) is 8.54. The van der Waals surface area contributed by atoms with Crippen LogP contribution in [0.5, 0.6) is 5.75 Å². The number of amides is 1. The van der Waals surface area contributed by atoms with Gasteiger partial charge in [0.2, 0.25) is 0 Å². The van der Waals surface area contributed by atoms with Crippen molar-refractivity contribution in [3.8, 4) is 5.75 Å². The lowest BCUT2D eigenvalue weighted by molar-refractivity contribution is 0.0935. The molecule has 4 nitrogen and oxygen atoms in total. The average molecular weight is 324 g/mol. The maximum absolute atomic E-state index is 12.1. The van der Waals surface area contributed by atoms with Crippen LogP contribution in [0, 0.1) is 5.92 Å². The number of hydrogen-bond donors (Lipinski definition) is 2. The van der Waals surface area contributed by atoms with Crippen molar-refractivity contribution < 1.29 is 9.90 Å². The molecule has 0 spiro atoms.